The van der Waals surface area contributed by atoms with Crippen molar-refractivity contribution in [2.45, 2.75) is 117 Å². The standard InChI is InChI=1S/C23H40O20/c24-1-6-10(28)11(29)16(34)22(40-6)43-19-8(4-38-21-15(33)9(27)5(26)3-37-21)41-23(17(35)13(19)31)42-18-7(2-25)39-20(36)14(32)12(18)30/h5-36H,1-4H2/t5-,6-,7-,8-,9+,10+,11+,12-,13-,14-,15-,16-,17-,18-,19-,20+,21-,22-,23-/m1/s1. The Morgan fingerprint density at radius 1 is 0.488 bits per heavy atom. The van der Waals surface area contributed by atoms with Gasteiger partial charge in [-0.15, -0.1) is 0 Å². The Morgan fingerprint density at radius 3 is 1.60 bits per heavy atom. The molecule has 252 valence electrons. The number of rotatable bonds is 9. The van der Waals surface area contributed by atoms with E-state index in [1.54, 1.807) is 0 Å². The molecule has 4 rings (SSSR count). The van der Waals surface area contributed by atoms with Crippen molar-refractivity contribution in [3.8, 4) is 0 Å². The van der Waals surface area contributed by atoms with Crippen molar-refractivity contribution < 1.29 is 99.5 Å². The molecule has 20 heteroatoms. The molecule has 0 saturated carbocycles. The van der Waals surface area contributed by atoms with Gasteiger partial charge >= 0.3 is 0 Å². The number of aliphatic hydroxyl groups excluding tert-OH is 13. The highest BCUT2D eigenvalue weighted by Crippen LogP contribution is 2.33. The van der Waals surface area contributed by atoms with E-state index in [1.165, 1.54) is 0 Å². The van der Waals surface area contributed by atoms with Crippen molar-refractivity contribution in [1.29, 1.82) is 0 Å². The molecule has 0 aliphatic carbocycles. The van der Waals surface area contributed by atoms with Gasteiger partial charge in [-0.25, -0.2) is 0 Å². The highest BCUT2D eigenvalue weighted by molar-refractivity contribution is 4.96. The van der Waals surface area contributed by atoms with E-state index in [1.807, 2.05) is 0 Å². The van der Waals surface area contributed by atoms with Crippen LogP contribution in [0.5, 0.6) is 0 Å². The summed E-state index contributed by atoms with van der Waals surface area (Å²) in [5, 5.41) is 132. The summed E-state index contributed by atoms with van der Waals surface area (Å²) in [7, 11) is 0. The van der Waals surface area contributed by atoms with Crippen molar-refractivity contribution >= 4 is 0 Å². The van der Waals surface area contributed by atoms with Gasteiger partial charge < -0.3 is 99.5 Å². The Bertz CT molecular complexity index is 867. The molecule has 0 bridgehead atoms. The third kappa shape index (κ3) is 7.29. The fraction of sp³-hybridized carbons (Fsp3) is 1.00. The summed E-state index contributed by atoms with van der Waals surface area (Å²) in [6, 6.07) is 0. The van der Waals surface area contributed by atoms with Crippen LogP contribution in [0.4, 0.5) is 0 Å². The van der Waals surface area contributed by atoms with Crippen LogP contribution in [0.2, 0.25) is 0 Å². The first-order valence-corrected chi connectivity index (χ1v) is 13.5. The van der Waals surface area contributed by atoms with Crippen LogP contribution in [0, 0.1) is 0 Å². The minimum absolute atomic E-state index is 0.428. The van der Waals surface area contributed by atoms with Crippen molar-refractivity contribution in [2.24, 2.45) is 0 Å². The average molecular weight is 637 g/mol. The Hall–Kier alpha value is -0.800. The third-order valence-corrected chi connectivity index (χ3v) is 7.79. The summed E-state index contributed by atoms with van der Waals surface area (Å²) in [4.78, 5) is 0. The maximum atomic E-state index is 11.0. The lowest BCUT2D eigenvalue weighted by atomic mass is 9.96. The minimum Gasteiger partial charge on any atom is -0.394 e. The quantitative estimate of drug-likeness (QED) is 0.112. The normalized spacial score (nSPS) is 53.1. The van der Waals surface area contributed by atoms with E-state index in [0.29, 0.717) is 0 Å². The fourth-order valence-electron chi connectivity index (χ4n) is 5.16. The Kier molecular flexibility index (Phi) is 12.0. The fourth-order valence-corrected chi connectivity index (χ4v) is 5.16. The van der Waals surface area contributed by atoms with Crippen LogP contribution < -0.4 is 0 Å². The Balaban J connectivity index is 1.54. The molecule has 0 radical (unpaired) electrons. The van der Waals surface area contributed by atoms with Crippen LogP contribution in [-0.4, -0.2) is 210 Å². The van der Waals surface area contributed by atoms with E-state index in [2.05, 4.69) is 0 Å². The maximum absolute atomic E-state index is 11.0. The summed E-state index contributed by atoms with van der Waals surface area (Å²) < 4.78 is 37.9. The highest BCUT2D eigenvalue weighted by atomic mass is 16.8. The zero-order valence-corrected chi connectivity index (χ0v) is 22.5. The Labute approximate surface area is 243 Å². The van der Waals surface area contributed by atoms with Gasteiger partial charge in [-0.05, 0) is 0 Å². The molecule has 4 heterocycles. The van der Waals surface area contributed by atoms with Gasteiger partial charge in [0.2, 0.25) is 0 Å². The minimum atomic E-state index is -2.02. The molecule has 4 aliphatic rings. The SMILES string of the molecule is OC[C@H]1O[C@H](O[C@H]2[C@H](O)[C@@H](O)[C@@H](O[C@H]3[C@H](O)[C@@H](O)[C@@H](O)O[C@@H]3CO)O[C@@H]2CO[C@H]2OC[C@@H](O)[C@H](O)[C@H]2O)[C@H](O)[C@@H](O)[C@H]1O. The summed E-state index contributed by atoms with van der Waals surface area (Å²) in [5.41, 5.74) is 0. The average Bonchev–Trinajstić information content (AvgIpc) is 2.99. The summed E-state index contributed by atoms with van der Waals surface area (Å²) in [5.74, 6) is 0. The van der Waals surface area contributed by atoms with Crippen molar-refractivity contribution in [3.63, 3.8) is 0 Å². The van der Waals surface area contributed by atoms with E-state index >= 15 is 0 Å². The number of hydrogen-bond acceptors (Lipinski definition) is 20. The molecule has 0 spiro atoms. The molecule has 0 aromatic heterocycles. The molecule has 19 atom stereocenters. The number of hydrogen-bond donors (Lipinski definition) is 13. The van der Waals surface area contributed by atoms with Crippen LogP contribution in [0.3, 0.4) is 0 Å². The van der Waals surface area contributed by atoms with Crippen molar-refractivity contribution in [3.05, 3.63) is 0 Å². The van der Waals surface area contributed by atoms with Crippen molar-refractivity contribution in [2.75, 3.05) is 26.4 Å². The predicted molar refractivity (Wildman–Crippen MR) is 128 cm³/mol. The lowest BCUT2D eigenvalue weighted by Crippen LogP contribution is -2.66. The zero-order valence-electron chi connectivity index (χ0n) is 22.5. The molecule has 0 unspecified atom stereocenters. The first-order valence-electron chi connectivity index (χ1n) is 13.5. The predicted octanol–water partition coefficient (Wildman–Crippen LogP) is -9.11. The molecule has 4 aliphatic heterocycles. The third-order valence-electron chi connectivity index (χ3n) is 7.79. The monoisotopic (exact) mass is 636 g/mol. The molecule has 20 nitrogen and oxygen atoms in total. The lowest BCUT2D eigenvalue weighted by molar-refractivity contribution is -0.382. The smallest absolute Gasteiger partial charge is 0.187 e. The first-order chi connectivity index (χ1) is 20.3. The molecule has 0 aromatic rings. The largest absolute Gasteiger partial charge is 0.394 e. The molecular formula is C23H40O20. The van der Waals surface area contributed by atoms with Gasteiger partial charge in [0.1, 0.15) is 91.6 Å². The van der Waals surface area contributed by atoms with Gasteiger partial charge in [-0.3, -0.25) is 0 Å². The molecular weight excluding hydrogens is 596 g/mol. The molecule has 0 aromatic carbocycles. The van der Waals surface area contributed by atoms with Gasteiger partial charge in [0.15, 0.2) is 25.2 Å². The van der Waals surface area contributed by atoms with Crippen molar-refractivity contribution in [1.82, 2.24) is 0 Å². The van der Waals surface area contributed by atoms with Gasteiger partial charge in [0, 0.05) is 0 Å². The van der Waals surface area contributed by atoms with E-state index in [-0.39, 0.29) is 0 Å². The second-order valence-electron chi connectivity index (χ2n) is 10.7. The molecule has 13 N–H and O–H groups in total. The molecule has 0 amide bonds. The highest BCUT2D eigenvalue weighted by Gasteiger charge is 2.54. The summed E-state index contributed by atoms with van der Waals surface area (Å²) >= 11 is 0. The second-order valence-corrected chi connectivity index (χ2v) is 10.7. The lowest BCUT2D eigenvalue weighted by Gasteiger charge is -2.48. The number of ether oxygens (including phenoxy) is 7. The van der Waals surface area contributed by atoms with Gasteiger partial charge in [0.05, 0.1) is 26.4 Å². The first kappa shape index (κ1) is 35.1. The van der Waals surface area contributed by atoms with Crippen LogP contribution in [0.25, 0.3) is 0 Å². The van der Waals surface area contributed by atoms with E-state index in [4.69, 9.17) is 33.2 Å². The van der Waals surface area contributed by atoms with Gasteiger partial charge in [-0.2, -0.15) is 0 Å². The topological polar surface area (TPSA) is 328 Å². The van der Waals surface area contributed by atoms with Crippen LogP contribution in [0.15, 0.2) is 0 Å². The molecule has 43 heavy (non-hydrogen) atoms. The molecule has 4 saturated heterocycles. The zero-order chi connectivity index (χ0) is 31.7. The maximum Gasteiger partial charge on any atom is 0.187 e. The second kappa shape index (κ2) is 14.7. The van der Waals surface area contributed by atoms with E-state index < -0.39 is 143 Å². The number of aliphatic hydroxyl groups is 13. The van der Waals surface area contributed by atoms with Crippen LogP contribution >= 0.6 is 0 Å². The van der Waals surface area contributed by atoms with Gasteiger partial charge in [-0.1, -0.05) is 0 Å². The summed E-state index contributed by atoms with van der Waals surface area (Å²) in [6.07, 6.45) is -32.9. The van der Waals surface area contributed by atoms with Crippen LogP contribution in [0.1, 0.15) is 0 Å². The summed E-state index contributed by atoms with van der Waals surface area (Å²) in [6.45, 7) is -2.73. The van der Waals surface area contributed by atoms with Crippen LogP contribution in [-0.2, 0) is 33.2 Å². The molecule has 4 fully saturated rings. The van der Waals surface area contributed by atoms with E-state index in [0.717, 1.165) is 0 Å². The Morgan fingerprint density at radius 2 is 1.00 bits per heavy atom. The van der Waals surface area contributed by atoms with E-state index in [9.17, 15) is 66.4 Å². The van der Waals surface area contributed by atoms with Gasteiger partial charge in [0.25, 0.3) is 0 Å².